The summed E-state index contributed by atoms with van der Waals surface area (Å²) in [6.45, 7) is 0. The topological polar surface area (TPSA) is 19.1 Å². The lowest BCUT2D eigenvalue weighted by atomic mass is 9.98. The van der Waals surface area contributed by atoms with E-state index in [-0.39, 0.29) is 0 Å². The molecule has 0 saturated heterocycles. The minimum atomic E-state index is 0.884. The first-order valence-corrected chi connectivity index (χ1v) is 18.5. The summed E-state index contributed by atoms with van der Waals surface area (Å²) in [5.41, 5.74) is 11.6. The normalized spacial score (nSPS) is 12.4. The van der Waals surface area contributed by atoms with Crippen molar-refractivity contribution in [2.75, 3.05) is 0 Å². The molecule has 0 unspecified atom stereocenters. The largest absolute Gasteiger partial charge is 0.452 e. The van der Waals surface area contributed by atoms with Crippen molar-refractivity contribution >= 4 is 75.1 Å². The highest BCUT2D eigenvalue weighted by Gasteiger charge is 2.26. The molecule has 0 amide bonds. The Morgan fingerprint density at radius 3 is 1.92 bits per heavy atom. The summed E-state index contributed by atoms with van der Waals surface area (Å²) in [5.74, 6) is 1.77. The number of aromatic nitrogens is 2. The fourth-order valence-electron chi connectivity index (χ4n) is 8.69. The number of para-hydroxylation sites is 4. The van der Waals surface area contributed by atoms with Crippen LogP contribution >= 0.6 is 11.3 Å². The monoisotopic (exact) mass is 680 g/mol. The number of hydrogen-bond acceptors (Lipinski definition) is 2. The van der Waals surface area contributed by atoms with Crippen LogP contribution in [0.4, 0.5) is 0 Å². The second kappa shape index (κ2) is 10.5. The molecular weight excluding hydrogens is 653 g/mol. The van der Waals surface area contributed by atoms with Crippen molar-refractivity contribution in [3.8, 4) is 45.1 Å². The van der Waals surface area contributed by atoms with Crippen molar-refractivity contribution in [2.45, 2.75) is 0 Å². The van der Waals surface area contributed by atoms with Crippen molar-refractivity contribution in [1.82, 2.24) is 9.13 Å². The number of ether oxygens (including phenoxy) is 1. The van der Waals surface area contributed by atoms with E-state index >= 15 is 0 Å². The maximum Gasteiger partial charge on any atom is 0.159 e. The first kappa shape index (κ1) is 28.1. The van der Waals surface area contributed by atoms with E-state index in [4.69, 9.17) is 4.74 Å². The number of rotatable bonds is 3. The van der Waals surface area contributed by atoms with Crippen LogP contribution in [-0.2, 0) is 0 Å². The van der Waals surface area contributed by atoms with Crippen molar-refractivity contribution < 1.29 is 4.74 Å². The highest BCUT2D eigenvalue weighted by molar-refractivity contribution is 7.25. The third kappa shape index (κ3) is 3.79. The Morgan fingerprint density at radius 1 is 0.423 bits per heavy atom. The second-order valence-corrected chi connectivity index (χ2v) is 14.8. The molecule has 4 heterocycles. The molecule has 11 aromatic rings. The molecule has 0 spiro atoms. The smallest absolute Gasteiger partial charge is 0.159 e. The zero-order chi connectivity index (χ0) is 33.9. The average molecular weight is 681 g/mol. The fourth-order valence-corrected chi connectivity index (χ4v) is 9.82. The van der Waals surface area contributed by atoms with Crippen molar-refractivity contribution in [1.29, 1.82) is 0 Å². The van der Waals surface area contributed by atoms with Gasteiger partial charge in [0.2, 0.25) is 0 Å². The average Bonchev–Trinajstić information content (AvgIpc) is 3.87. The van der Waals surface area contributed by atoms with Gasteiger partial charge in [-0.05, 0) is 77.4 Å². The predicted octanol–water partition coefficient (Wildman–Crippen LogP) is 13.7. The summed E-state index contributed by atoms with van der Waals surface area (Å²) >= 11 is 1.87. The lowest BCUT2D eigenvalue weighted by molar-refractivity contribution is 0.478. The molecule has 242 valence electrons. The van der Waals surface area contributed by atoms with Crippen molar-refractivity contribution in [2.24, 2.45) is 0 Å². The lowest BCUT2D eigenvalue weighted by Crippen LogP contribution is -2.05. The summed E-state index contributed by atoms with van der Waals surface area (Å²) in [5, 5.41) is 7.62. The van der Waals surface area contributed by atoms with Crippen LogP contribution in [0.25, 0.3) is 97.4 Å². The molecular formula is C48H28N2OS. The van der Waals surface area contributed by atoms with Gasteiger partial charge in [0, 0.05) is 53.0 Å². The van der Waals surface area contributed by atoms with Gasteiger partial charge in [0.15, 0.2) is 11.5 Å². The SMILES string of the molecule is c1cc(-c2ccc(-n3c4ccccc4c4cc(-c5cccc6sc7ccccc7c56)ccc43)cc2)c2c(c1)-n1c3ccccc3c3cccc(c31)O2. The zero-order valence-electron chi connectivity index (χ0n) is 27.9. The van der Waals surface area contributed by atoms with Gasteiger partial charge < -0.3 is 13.9 Å². The van der Waals surface area contributed by atoms with Crippen LogP contribution in [0.3, 0.4) is 0 Å². The van der Waals surface area contributed by atoms with Gasteiger partial charge >= 0.3 is 0 Å². The third-order valence-corrected chi connectivity index (χ3v) is 12.1. The zero-order valence-corrected chi connectivity index (χ0v) is 28.7. The Balaban J connectivity index is 0.996. The maximum absolute atomic E-state index is 6.75. The van der Waals surface area contributed by atoms with Crippen LogP contribution < -0.4 is 4.74 Å². The van der Waals surface area contributed by atoms with Crippen LogP contribution in [0.5, 0.6) is 11.5 Å². The Bertz CT molecular complexity index is 3270. The van der Waals surface area contributed by atoms with Crippen LogP contribution in [0.1, 0.15) is 0 Å². The van der Waals surface area contributed by atoms with Gasteiger partial charge in [0.05, 0.1) is 27.8 Å². The molecule has 3 nitrogen and oxygen atoms in total. The van der Waals surface area contributed by atoms with Crippen LogP contribution in [0.15, 0.2) is 170 Å². The van der Waals surface area contributed by atoms with Gasteiger partial charge in [-0.15, -0.1) is 11.3 Å². The number of hydrogen-bond donors (Lipinski definition) is 0. The highest BCUT2D eigenvalue weighted by Crippen LogP contribution is 2.49. The quantitative estimate of drug-likeness (QED) is 0.182. The number of fused-ring (bicyclic) bond motifs is 11. The third-order valence-electron chi connectivity index (χ3n) is 10.9. The first-order valence-electron chi connectivity index (χ1n) is 17.7. The summed E-state index contributed by atoms with van der Waals surface area (Å²) in [6, 6.07) is 61.6. The van der Waals surface area contributed by atoms with E-state index in [1.807, 2.05) is 11.3 Å². The van der Waals surface area contributed by atoms with Gasteiger partial charge in [-0.2, -0.15) is 0 Å². The Labute approximate surface area is 302 Å². The predicted molar refractivity (Wildman–Crippen MR) is 219 cm³/mol. The Hall–Kier alpha value is -6.62. The van der Waals surface area contributed by atoms with Crippen LogP contribution in [0.2, 0.25) is 0 Å². The lowest BCUT2D eigenvalue weighted by Gasteiger charge is -2.23. The van der Waals surface area contributed by atoms with E-state index in [9.17, 15) is 0 Å². The van der Waals surface area contributed by atoms with E-state index in [0.717, 1.165) is 39.5 Å². The molecule has 8 aromatic carbocycles. The van der Waals surface area contributed by atoms with Gasteiger partial charge in [0.25, 0.3) is 0 Å². The van der Waals surface area contributed by atoms with E-state index in [1.165, 1.54) is 69.4 Å². The highest BCUT2D eigenvalue weighted by atomic mass is 32.1. The van der Waals surface area contributed by atoms with E-state index in [1.54, 1.807) is 0 Å². The molecule has 0 aliphatic carbocycles. The Kier molecular flexibility index (Phi) is 5.65. The number of benzene rings is 8. The van der Waals surface area contributed by atoms with E-state index in [0.29, 0.717) is 0 Å². The molecule has 0 N–H and O–H groups in total. The van der Waals surface area contributed by atoms with Gasteiger partial charge in [-0.25, -0.2) is 0 Å². The molecule has 3 aromatic heterocycles. The first-order chi connectivity index (χ1) is 25.8. The van der Waals surface area contributed by atoms with Crippen molar-refractivity contribution in [3.05, 3.63) is 170 Å². The summed E-state index contributed by atoms with van der Waals surface area (Å²) in [6.07, 6.45) is 0. The van der Waals surface area contributed by atoms with Gasteiger partial charge in [-0.3, -0.25) is 0 Å². The molecule has 1 aliphatic rings. The molecule has 0 saturated carbocycles. The van der Waals surface area contributed by atoms with Crippen molar-refractivity contribution in [3.63, 3.8) is 0 Å². The minimum Gasteiger partial charge on any atom is -0.452 e. The molecule has 1 aliphatic heterocycles. The number of nitrogens with zero attached hydrogens (tertiary/aromatic N) is 2. The number of thiophene rings is 1. The van der Waals surface area contributed by atoms with E-state index in [2.05, 4.69) is 179 Å². The van der Waals surface area contributed by atoms with Gasteiger partial charge in [0.1, 0.15) is 0 Å². The molecule has 0 fully saturated rings. The minimum absolute atomic E-state index is 0.884. The Morgan fingerprint density at radius 2 is 1.06 bits per heavy atom. The summed E-state index contributed by atoms with van der Waals surface area (Å²) in [4.78, 5) is 0. The standard InChI is InChI=1S/C48H28N2OS/c1-5-17-40-34(10-1)36-15-8-19-43-47(36)50(40)42-18-7-14-33(48(42)51-43)29-22-25-31(26-23-29)49-39-16-4-2-11-35(39)38-28-30(24-27-41(38)49)32-13-9-21-45-46(32)37-12-3-6-20-44(37)52-45/h1-28H. The molecule has 52 heavy (non-hydrogen) atoms. The fraction of sp³-hybridized carbons (Fsp3) is 0. The second-order valence-electron chi connectivity index (χ2n) is 13.7. The van der Waals surface area contributed by atoms with Gasteiger partial charge in [-0.1, -0.05) is 109 Å². The van der Waals surface area contributed by atoms with Crippen LogP contribution in [0, 0.1) is 0 Å². The van der Waals surface area contributed by atoms with Crippen LogP contribution in [-0.4, -0.2) is 9.13 Å². The molecule has 0 bridgehead atoms. The molecule has 0 radical (unpaired) electrons. The van der Waals surface area contributed by atoms with E-state index < -0.39 is 0 Å². The summed E-state index contributed by atoms with van der Waals surface area (Å²) < 4.78 is 14.2. The molecule has 0 atom stereocenters. The summed E-state index contributed by atoms with van der Waals surface area (Å²) in [7, 11) is 0. The maximum atomic E-state index is 6.75. The molecule has 12 rings (SSSR count). The molecule has 4 heteroatoms.